The SMILES string of the molecule is CC(C)c1ccc(S(=O)CC=O)cc1. The molecule has 0 heterocycles. The van der Waals surface area contributed by atoms with Crippen LogP contribution >= 0.6 is 0 Å². The minimum atomic E-state index is -1.17. The third-order valence-corrected chi connectivity index (χ3v) is 3.27. The van der Waals surface area contributed by atoms with Crippen molar-refractivity contribution in [3.63, 3.8) is 0 Å². The first-order valence-corrected chi connectivity index (χ1v) is 5.89. The van der Waals surface area contributed by atoms with E-state index in [1.807, 2.05) is 24.3 Å². The molecule has 2 nitrogen and oxygen atoms in total. The van der Waals surface area contributed by atoms with Gasteiger partial charge in [-0.3, -0.25) is 4.21 Å². The quantitative estimate of drug-likeness (QED) is 0.713. The van der Waals surface area contributed by atoms with Crippen LogP contribution in [0.3, 0.4) is 0 Å². The molecule has 0 aliphatic rings. The van der Waals surface area contributed by atoms with Crippen molar-refractivity contribution in [2.24, 2.45) is 0 Å². The normalized spacial score (nSPS) is 12.8. The molecule has 1 aromatic rings. The van der Waals surface area contributed by atoms with Crippen molar-refractivity contribution in [2.45, 2.75) is 24.7 Å². The molecule has 0 saturated heterocycles. The fourth-order valence-electron chi connectivity index (χ4n) is 1.16. The molecule has 0 fully saturated rings. The maximum absolute atomic E-state index is 11.4. The summed E-state index contributed by atoms with van der Waals surface area (Å²) in [6.45, 7) is 4.22. The summed E-state index contributed by atoms with van der Waals surface area (Å²) in [6, 6.07) is 7.58. The highest BCUT2D eigenvalue weighted by Crippen LogP contribution is 2.16. The predicted octanol–water partition coefficient (Wildman–Crippen LogP) is 2.12. The van der Waals surface area contributed by atoms with Gasteiger partial charge >= 0.3 is 0 Å². The molecule has 0 saturated carbocycles. The lowest BCUT2D eigenvalue weighted by Crippen LogP contribution is -1.99. The minimum Gasteiger partial charge on any atom is -0.302 e. The van der Waals surface area contributed by atoms with Gasteiger partial charge < -0.3 is 4.79 Å². The van der Waals surface area contributed by atoms with E-state index in [0.29, 0.717) is 12.2 Å². The highest BCUT2D eigenvalue weighted by Gasteiger charge is 2.03. The molecule has 0 amide bonds. The van der Waals surface area contributed by atoms with Crippen LogP contribution in [0.15, 0.2) is 29.2 Å². The Morgan fingerprint density at radius 3 is 2.29 bits per heavy atom. The second-order valence-corrected chi connectivity index (χ2v) is 4.90. The summed E-state index contributed by atoms with van der Waals surface area (Å²) in [5, 5.41) is 0. The van der Waals surface area contributed by atoms with Gasteiger partial charge in [-0.15, -0.1) is 0 Å². The smallest absolute Gasteiger partial charge is 0.132 e. The Morgan fingerprint density at radius 2 is 1.86 bits per heavy atom. The van der Waals surface area contributed by atoms with Crippen LogP contribution < -0.4 is 0 Å². The van der Waals surface area contributed by atoms with E-state index in [-0.39, 0.29) is 5.75 Å². The van der Waals surface area contributed by atoms with Crippen LogP contribution in [0.4, 0.5) is 0 Å². The molecule has 0 aliphatic heterocycles. The summed E-state index contributed by atoms with van der Waals surface area (Å²) in [5.74, 6) is 0.560. The van der Waals surface area contributed by atoms with Crippen LogP contribution in [0.2, 0.25) is 0 Å². The molecule has 1 rings (SSSR count). The molecule has 0 N–H and O–H groups in total. The van der Waals surface area contributed by atoms with E-state index in [2.05, 4.69) is 13.8 Å². The first-order valence-electron chi connectivity index (χ1n) is 4.57. The van der Waals surface area contributed by atoms with Crippen molar-refractivity contribution in [1.29, 1.82) is 0 Å². The third-order valence-electron chi connectivity index (χ3n) is 2.03. The van der Waals surface area contributed by atoms with E-state index in [1.165, 1.54) is 5.56 Å². The highest BCUT2D eigenvalue weighted by molar-refractivity contribution is 7.85. The van der Waals surface area contributed by atoms with Crippen molar-refractivity contribution in [3.8, 4) is 0 Å². The fourth-order valence-corrected chi connectivity index (χ4v) is 1.92. The highest BCUT2D eigenvalue weighted by atomic mass is 32.2. The average molecular weight is 210 g/mol. The molecule has 3 heteroatoms. The lowest BCUT2D eigenvalue weighted by Gasteiger charge is -2.05. The summed E-state index contributed by atoms with van der Waals surface area (Å²) < 4.78 is 11.4. The molecule has 0 aromatic heterocycles. The van der Waals surface area contributed by atoms with E-state index in [1.54, 1.807) is 0 Å². The molecule has 76 valence electrons. The van der Waals surface area contributed by atoms with Gasteiger partial charge in [0.05, 0.1) is 16.6 Å². The van der Waals surface area contributed by atoms with Gasteiger partial charge in [0.1, 0.15) is 6.29 Å². The number of hydrogen-bond acceptors (Lipinski definition) is 2. The monoisotopic (exact) mass is 210 g/mol. The van der Waals surface area contributed by atoms with E-state index in [9.17, 15) is 9.00 Å². The van der Waals surface area contributed by atoms with Crippen LogP contribution in [0.25, 0.3) is 0 Å². The standard InChI is InChI=1S/C11H14O2S/c1-9(2)10-3-5-11(6-4-10)14(13)8-7-12/h3-7,9H,8H2,1-2H3. The van der Waals surface area contributed by atoms with E-state index in [4.69, 9.17) is 0 Å². The second-order valence-electron chi connectivity index (χ2n) is 3.40. The van der Waals surface area contributed by atoms with Gasteiger partial charge in [0.15, 0.2) is 0 Å². The largest absolute Gasteiger partial charge is 0.302 e. The van der Waals surface area contributed by atoms with Gasteiger partial charge in [0.2, 0.25) is 0 Å². The molecule has 1 atom stereocenters. The van der Waals surface area contributed by atoms with E-state index < -0.39 is 10.8 Å². The Labute approximate surface area is 86.8 Å². The summed E-state index contributed by atoms with van der Waals surface area (Å²) in [5.41, 5.74) is 1.22. The lowest BCUT2D eigenvalue weighted by molar-refractivity contribution is -0.105. The molecular weight excluding hydrogens is 196 g/mol. The second kappa shape index (κ2) is 5.05. The van der Waals surface area contributed by atoms with Gasteiger partial charge in [-0.2, -0.15) is 0 Å². The topological polar surface area (TPSA) is 34.1 Å². The van der Waals surface area contributed by atoms with Gasteiger partial charge in [-0.1, -0.05) is 26.0 Å². The van der Waals surface area contributed by atoms with Crippen LogP contribution in [0.5, 0.6) is 0 Å². The zero-order valence-corrected chi connectivity index (χ0v) is 9.21. The lowest BCUT2D eigenvalue weighted by atomic mass is 10.0. The Kier molecular flexibility index (Phi) is 4.01. The number of carbonyl (C=O) groups is 1. The minimum absolute atomic E-state index is 0.0844. The molecule has 1 aromatic carbocycles. The van der Waals surface area contributed by atoms with Crippen molar-refractivity contribution in [1.82, 2.24) is 0 Å². The summed E-state index contributed by atoms with van der Waals surface area (Å²) in [6.07, 6.45) is 0.687. The molecule has 14 heavy (non-hydrogen) atoms. The first kappa shape index (κ1) is 11.1. The summed E-state index contributed by atoms with van der Waals surface area (Å²) in [7, 11) is -1.17. The Morgan fingerprint density at radius 1 is 1.29 bits per heavy atom. The molecule has 0 spiro atoms. The van der Waals surface area contributed by atoms with Crippen LogP contribution in [0, 0.1) is 0 Å². The average Bonchev–Trinajstić information content (AvgIpc) is 2.18. The number of hydrogen-bond donors (Lipinski definition) is 0. The maximum atomic E-state index is 11.4. The molecule has 0 bridgehead atoms. The van der Waals surface area contributed by atoms with E-state index in [0.717, 1.165) is 4.90 Å². The van der Waals surface area contributed by atoms with Crippen molar-refractivity contribution in [3.05, 3.63) is 29.8 Å². The zero-order valence-electron chi connectivity index (χ0n) is 8.40. The maximum Gasteiger partial charge on any atom is 0.132 e. The number of rotatable bonds is 4. The first-order chi connectivity index (χ1) is 6.65. The van der Waals surface area contributed by atoms with Crippen molar-refractivity contribution in [2.75, 3.05) is 5.75 Å². The van der Waals surface area contributed by atoms with Gasteiger partial charge in [-0.05, 0) is 23.6 Å². The zero-order chi connectivity index (χ0) is 10.6. The number of carbonyl (C=O) groups excluding carboxylic acids is 1. The Balaban J connectivity index is 2.82. The third kappa shape index (κ3) is 2.77. The van der Waals surface area contributed by atoms with Crippen LogP contribution in [0.1, 0.15) is 25.3 Å². The number of benzene rings is 1. The number of aldehydes is 1. The van der Waals surface area contributed by atoms with Gasteiger partial charge in [-0.25, -0.2) is 0 Å². The molecular formula is C11H14O2S. The van der Waals surface area contributed by atoms with E-state index >= 15 is 0 Å². The van der Waals surface area contributed by atoms with Crippen molar-refractivity contribution >= 4 is 17.1 Å². The van der Waals surface area contributed by atoms with Gasteiger partial charge in [0.25, 0.3) is 0 Å². The Bertz CT molecular complexity index is 328. The molecule has 0 aliphatic carbocycles. The predicted molar refractivity (Wildman–Crippen MR) is 57.9 cm³/mol. The van der Waals surface area contributed by atoms with Crippen molar-refractivity contribution < 1.29 is 9.00 Å². The molecule has 0 radical (unpaired) electrons. The summed E-state index contributed by atoms with van der Waals surface area (Å²) >= 11 is 0. The molecule has 1 unspecified atom stereocenters. The van der Waals surface area contributed by atoms with Crippen LogP contribution in [-0.2, 0) is 15.6 Å². The Hall–Kier alpha value is -0.960. The summed E-state index contributed by atoms with van der Waals surface area (Å²) in [4.78, 5) is 10.9. The fraction of sp³-hybridized carbons (Fsp3) is 0.364. The van der Waals surface area contributed by atoms with Crippen LogP contribution in [-0.4, -0.2) is 16.2 Å². The van der Waals surface area contributed by atoms with Gasteiger partial charge in [0, 0.05) is 4.90 Å².